The van der Waals surface area contributed by atoms with E-state index in [-0.39, 0.29) is 11.5 Å². The first-order valence-corrected chi connectivity index (χ1v) is 4.99. The number of amides is 1. The van der Waals surface area contributed by atoms with Crippen LogP contribution in [0.2, 0.25) is 0 Å². The first-order valence-electron chi connectivity index (χ1n) is 4.99. The number of hydrogen-bond acceptors (Lipinski definition) is 3. The highest BCUT2D eigenvalue weighted by molar-refractivity contribution is 5.87. The van der Waals surface area contributed by atoms with Gasteiger partial charge < -0.3 is 14.8 Å². The van der Waals surface area contributed by atoms with Gasteiger partial charge in [0.2, 0.25) is 0 Å². The molecule has 1 saturated heterocycles. The van der Waals surface area contributed by atoms with Gasteiger partial charge in [-0.25, -0.2) is 0 Å². The Morgan fingerprint density at radius 3 is 3.13 bits per heavy atom. The van der Waals surface area contributed by atoms with Gasteiger partial charge in [0, 0.05) is 26.3 Å². The van der Waals surface area contributed by atoms with E-state index < -0.39 is 0 Å². The second-order valence-corrected chi connectivity index (χ2v) is 3.61. The third-order valence-corrected chi connectivity index (χ3v) is 2.54. The molecule has 0 aromatic rings. The van der Waals surface area contributed by atoms with Crippen molar-refractivity contribution in [3.05, 3.63) is 18.4 Å². The molecule has 1 rings (SSSR count). The molecule has 84 valence electrons. The summed E-state index contributed by atoms with van der Waals surface area (Å²) in [7, 11) is 1.64. The number of carbonyl (C=O) groups excluding carboxylic acids is 1. The van der Waals surface area contributed by atoms with Crippen molar-refractivity contribution in [2.75, 3.05) is 26.9 Å². The molecule has 15 heavy (non-hydrogen) atoms. The molecule has 0 aromatic heterocycles. The minimum atomic E-state index is -0.372. The summed E-state index contributed by atoms with van der Waals surface area (Å²) in [4.78, 5) is 11.2. The van der Waals surface area contributed by atoms with Gasteiger partial charge in [0.05, 0.1) is 6.61 Å². The first kappa shape index (κ1) is 12.0. The number of carbonyl (C=O) groups is 1. The molecule has 4 heteroatoms. The Morgan fingerprint density at radius 1 is 1.80 bits per heavy atom. The van der Waals surface area contributed by atoms with E-state index in [1.807, 2.05) is 0 Å². The van der Waals surface area contributed by atoms with E-state index >= 15 is 0 Å². The predicted molar refractivity (Wildman–Crippen MR) is 56.5 cm³/mol. The standard InChI is InChI=1S/C11H17NO3/c1-3-5-10(13)12-8-11(14-2)6-4-7-15-9-11/h5H,1,4,6-9H2,2H3,(H,12,13). The summed E-state index contributed by atoms with van der Waals surface area (Å²) >= 11 is 0. The fourth-order valence-corrected chi connectivity index (χ4v) is 1.59. The van der Waals surface area contributed by atoms with Crippen LogP contribution in [0.1, 0.15) is 12.8 Å². The van der Waals surface area contributed by atoms with Crippen LogP contribution in [-0.4, -0.2) is 38.4 Å². The molecule has 1 unspecified atom stereocenters. The predicted octanol–water partition coefficient (Wildman–Crippen LogP) is 0.639. The highest BCUT2D eigenvalue weighted by Crippen LogP contribution is 2.21. The molecule has 0 radical (unpaired) electrons. The number of ether oxygens (including phenoxy) is 2. The van der Waals surface area contributed by atoms with E-state index in [9.17, 15) is 4.79 Å². The van der Waals surface area contributed by atoms with E-state index in [1.54, 1.807) is 7.11 Å². The van der Waals surface area contributed by atoms with E-state index in [1.165, 1.54) is 6.08 Å². The third kappa shape index (κ3) is 3.51. The highest BCUT2D eigenvalue weighted by atomic mass is 16.5. The van der Waals surface area contributed by atoms with Gasteiger partial charge in [0.25, 0.3) is 5.91 Å². The second-order valence-electron chi connectivity index (χ2n) is 3.61. The van der Waals surface area contributed by atoms with Gasteiger partial charge in [-0.2, -0.15) is 0 Å². The lowest BCUT2D eigenvalue weighted by molar-refractivity contribution is -0.124. The number of methoxy groups -OCH3 is 1. The van der Waals surface area contributed by atoms with E-state index in [0.29, 0.717) is 13.2 Å². The lowest BCUT2D eigenvalue weighted by Gasteiger charge is -2.35. The molecule has 0 spiro atoms. The summed E-state index contributed by atoms with van der Waals surface area (Å²) in [6.07, 6.45) is 3.13. The minimum absolute atomic E-state index is 0.202. The Morgan fingerprint density at radius 2 is 2.60 bits per heavy atom. The molecule has 1 amide bonds. The van der Waals surface area contributed by atoms with Crippen LogP contribution >= 0.6 is 0 Å². The molecule has 4 nitrogen and oxygen atoms in total. The highest BCUT2D eigenvalue weighted by Gasteiger charge is 2.32. The molecular weight excluding hydrogens is 194 g/mol. The fraction of sp³-hybridized carbons (Fsp3) is 0.636. The molecule has 0 saturated carbocycles. The first-order chi connectivity index (χ1) is 7.22. The molecule has 1 heterocycles. The van der Waals surface area contributed by atoms with Gasteiger partial charge in [-0.05, 0) is 12.8 Å². The quantitative estimate of drug-likeness (QED) is 0.548. The van der Waals surface area contributed by atoms with E-state index in [4.69, 9.17) is 9.47 Å². The molecule has 1 fully saturated rings. The summed E-state index contributed by atoms with van der Waals surface area (Å²) < 4.78 is 10.8. The normalized spacial score (nSPS) is 25.4. The summed E-state index contributed by atoms with van der Waals surface area (Å²) in [5, 5.41) is 2.74. The Bertz CT molecular complexity index is 263. The number of rotatable bonds is 4. The zero-order valence-corrected chi connectivity index (χ0v) is 9.04. The second kappa shape index (κ2) is 5.71. The summed E-state index contributed by atoms with van der Waals surface area (Å²) in [6.45, 7) is 5.09. The summed E-state index contributed by atoms with van der Waals surface area (Å²) in [5.74, 6) is -0.202. The molecule has 1 N–H and O–H groups in total. The molecule has 0 aliphatic carbocycles. The lowest BCUT2D eigenvalue weighted by atomic mass is 9.96. The zero-order chi connectivity index (χ0) is 11.1. The van der Waals surface area contributed by atoms with Crippen molar-refractivity contribution in [2.45, 2.75) is 18.4 Å². The molecule has 1 aliphatic heterocycles. The van der Waals surface area contributed by atoms with Crippen LogP contribution in [0.4, 0.5) is 0 Å². The van der Waals surface area contributed by atoms with Gasteiger partial charge in [-0.1, -0.05) is 6.58 Å². The molecule has 1 aliphatic rings. The summed E-state index contributed by atoms with van der Waals surface area (Å²) in [6, 6.07) is 0. The van der Waals surface area contributed by atoms with Crippen molar-refractivity contribution in [3.63, 3.8) is 0 Å². The maximum absolute atomic E-state index is 11.2. The number of nitrogens with one attached hydrogen (secondary N) is 1. The molecule has 1 atom stereocenters. The van der Waals surface area contributed by atoms with Crippen molar-refractivity contribution < 1.29 is 14.3 Å². The van der Waals surface area contributed by atoms with Crippen LogP contribution in [0.15, 0.2) is 18.4 Å². The maximum atomic E-state index is 11.2. The van der Waals surface area contributed by atoms with Crippen molar-refractivity contribution >= 4 is 5.91 Å². The lowest BCUT2D eigenvalue weighted by Crippen LogP contribution is -2.49. The van der Waals surface area contributed by atoms with Gasteiger partial charge in [0.1, 0.15) is 5.60 Å². The maximum Gasteiger partial charge on any atom is 0.251 e. The number of hydrogen-bond donors (Lipinski definition) is 1. The van der Waals surface area contributed by atoms with Crippen molar-refractivity contribution in [1.29, 1.82) is 0 Å². The Hall–Kier alpha value is -1.09. The monoisotopic (exact) mass is 211 g/mol. The fourth-order valence-electron chi connectivity index (χ4n) is 1.59. The average molecular weight is 211 g/mol. The largest absolute Gasteiger partial charge is 0.378 e. The van der Waals surface area contributed by atoms with Gasteiger partial charge in [-0.3, -0.25) is 4.79 Å². The van der Waals surface area contributed by atoms with E-state index in [0.717, 1.165) is 19.4 Å². The zero-order valence-electron chi connectivity index (χ0n) is 9.04. The third-order valence-electron chi connectivity index (χ3n) is 2.54. The van der Waals surface area contributed by atoms with Crippen molar-refractivity contribution in [3.8, 4) is 0 Å². The van der Waals surface area contributed by atoms with Crippen molar-refractivity contribution in [2.24, 2.45) is 0 Å². The van der Waals surface area contributed by atoms with Gasteiger partial charge >= 0.3 is 0 Å². The Balaban J connectivity index is 2.45. The van der Waals surface area contributed by atoms with Crippen LogP contribution in [-0.2, 0) is 14.3 Å². The molecular formula is C11H17NO3. The smallest absolute Gasteiger partial charge is 0.251 e. The van der Waals surface area contributed by atoms with Crippen LogP contribution in [0.5, 0.6) is 0 Å². The SMILES string of the molecule is C=C=CC(=O)NCC1(OC)CCCOC1. The Kier molecular flexibility index (Phi) is 4.56. The average Bonchev–Trinajstić information content (AvgIpc) is 2.28. The molecule has 0 aromatic carbocycles. The van der Waals surface area contributed by atoms with Gasteiger partial charge in [0.15, 0.2) is 0 Å². The minimum Gasteiger partial charge on any atom is -0.378 e. The van der Waals surface area contributed by atoms with Crippen molar-refractivity contribution in [1.82, 2.24) is 5.32 Å². The topological polar surface area (TPSA) is 47.6 Å². The van der Waals surface area contributed by atoms with E-state index in [2.05, 4.69) is 17.6 Å². The summed E-state index contributed by atoms with van der Waals surface area (Å²) in [5.41, 5.74) is 2.05. The van der Waals surface area contributed by atoms with Crippen LogP contribution in [0, 0.1) is 0 Å². The Labute approximate surface area is 89.9 Å². The van der Waals surface area contributed by atoms with Crippen LogP contribution < -0.4 is 5.32 Å². The van der Waals surface area contributed by atoms with Crippen LogP contribution in [0.3, 0.4) is 0 Å². The van der Waals surface area contributed by atoms with Gasteiger partial charge in [-0.15, -0.1) is 5.73 Å². The van der Waals surface area contributed by atoms with Crippen LogP contribution in [0.25, 0.3) is 0 Å². The molecule has 0 bridgehead atoms.